The average Bonchev–Trinajstić information content (AvgIpc) is 3.03. The summed E-state index contributed by atoms with van der Waals surface area (Å²) in [5.41, 5.74) is 4.02. The van der Waals surface area contributed by atoms with Gasteiger partial charge in [-0.3, -0.25) is 0 Å². The van der Waals surface area contributed by atoms with Crippen molar-refractivity contribution in [3.8, 4) is 16.9 Å². The largest absolute Gasteiger partial charge is 0.497 e. The Bertz CT molecular complexity index is 1100. The molecule has 0 radical (unpaired) electrons. The molecule has 0 aliphatic carbocycles. The van der Waals surface area contributed by atoms with Gasteiger partial charge in [0.05, 0.1) is 13.4 Å². The molecule has 0 saturated heterocycles. The van der Waals surface area contributed by atoms with E-state index >= 15 is 0 Å². The summed E-state index contributed by atoms with van der Waals surface area (Å²) < 4.78 is 16.3. The molecule has 0 atom stereocenters. The van der Waals surface area contributed by atoms with Crippen LogP contribution in [0, 0.1) is 0 Å². The van der Waals surface area contributed by atoms with Crippen LogP contribution < -0.4 is 10.4 Å². The minimum Gasteiger partial charge on any atom is -0.497 e. The van der Waals surface area contributed by atoms with Crippen LogP contribution in [-0.2, 0) is 6.42 Å². The number of fused-ring (bicyclic) bond motifs is 2. The third kappa shape index (κ3) is 2.70. The quantitative estimate of drug-likeness (QED) is 0.483. The van der Waals surface area contributed by atoms with E-state index < -0.39 is 0 Å². The third-order valence-electron chi connectivity index (χ3n) is 4.44. The Hall–Kier alpha value is -3.01. The maximum absolute atomic E-state index is 11.8. The molecular formula is C21H18O4. The van der Waals surface area contributed by atoms with E-state index in [0.29, 0.717) is 11.2 Å². The second kappa shape index (κ2) is 6.13. The average molecular weight is 334 g/mol. The van der Waals surface area contributed by atoms with Gasteiger partial charge in [-0.25, -0.2) is 4.79 Å². The molecule has 2 aromatic heterocycles. The Morgan fingerprint density at radius 2 is 1.80 bits per heavy atom. The van der Waals surface area contributed by atoms with Gasteiger partial charge in [-0.15, -0.1) is 0 Å². The Labute approximate surface area is 144 Å². The second-order valence-electron chi connectivity index (χ2n) is 6.06. The van der Waals surface area contributed by atoms with E-state index in [1.54, 1.807) is 25.5 Å². The van der Waals surface area contributed by atoms with E-state index in [4.69, 9.17) is 13.6 Å². The first-order valence-electron chi connectivity index (χ1n) is 8.32. The molecule has 0 fully saturated rings. The van der Waals surface area contributed by atoms with Crippen LogP contribution in [0.4, 0.5) is 0 Å². The van der Waals surface area contributed by atoms with E-state index in [1.807, 2.05) is 24.3 Å². The van der Waals surface area contributed by atoms with E-state index in [1.165, 1.54) is 0 Å². The fourth-order valence-electron chi connectivity index (χ4n) is 3.22. The Morgan fingerprint density at radius 3 is 2.52 bits per heavy atom. The maximum Gasteiger partial charge on any atom is 0.336 e. The Morgan fingerprint density at radius 1 is 1.00 bits per heavy atom. The highest BCUT2D eigenvalue weighted by Crippen LogP contribution is 2.35. The molecule has 126 valence electrons. The maximum atomic E-state index is 11.8. The van der Waals surface area contributed by atoms with Gasteiger partial charge in [0.2, 0.25) is 0 Å². The summed E-state index contributed by atoms with van der Waals surface area (Å²) >= 11 is 0. The standard InChI is InChI=1S/C21H18O4/c1-3-4-14-9-21(22)25-20-11-19-17(10-16(14)20)18(12-24-19)13-5-7-15(23-2)8-6-13/h5-12H,3-4H2,1-2H3. The first-order chi connectivity index (χ1) is 12.2. The highest BCUT2D eigenvalue weighted by molar-refractivity contribution is 6.02. The molecule has 4 nitrogen and oxygen atoms in total. The zero-order valence-corrected chi connectivity index (χ0v) is 14.2. The van der Waals surface area contributed by atoms with Gasteiger partial charge in [-0.05, 0) is 35.7 Å². The lowest BCUT2D eigenvalue weighted by Crippen LogP contribution is -2.00. The monoisotopic (exact) mass is 334 g/mol. The molecule has 0 aliphatic rings. The number of hydrogen-bond acceptors (Lipinski definition) is 4. The zero-order valence-electron chi connectivity index (χ0n) is 14.2. The molecule has 4 heteroatoms. The second-order valence-corrected chi connectivity index (χ2v) is 6.06. The summed E-state index contributed by atoms with van der Waals surface area (Å²) in [6.45, 7) is 2.10. The van der Waals surface area contributed by atoms with Crippen molar-refractivity contribution in [1.82, 2.24) is 0 Å². The van der Waals surface area contributed by atoms with E-state index in [0.717, 1.165) is 46.1 Å². The van der Waals surface area contributed by atoms with Crippen molar-refractivity contribution in [2.45, 2.75) is 19.8 Å². The molecule has 2 heterocycles. The van der Waals surface area contributed by atoms with Gasteiger partial charge in [0.15, 0.2) is 0 Å². The van der Waals surface area contributed by atoms with E-state index in [-0.39, 0.29) is 5.63 Å². The SMILES string of the molecule is CCCc1cc(=O)oc2cc3occ(-c4ccc(OC)cc4)c3cc12. The number of methoxy groups -OCH3 is 1. The van der Waals surface area contributed by atoms with Gasteiger partial charge < -0.3 is 13.6 Å². The summed E-state index contributed by atoms with van der Waals surface area (Å²) in [6, 6.07) is 13.3. The predicted octanol–water partition coefficient (Wildman–Crippen LogP) is 5.17. The molecule has 0 amide bonds. The van der Waals surface area contributed by atoms with Gasteiger partial charge in [0.25, 0.3) is 0 Å². The van der Waals surface area contributed by atoms with Crippen LogP contribution in [0.3, 0.4) is 0 Å². The van der Waals surface area contributed by atoms with Gasteiger partial charge >= 0.3 is 5.63 Å². The molecule has 4 rings (SSSR count). The highest BCUT2D eigenvalue weighted by Gasteiger charge is 2.13. The minimum atomic E-state index is -0.322. The topological polar surface area (TPSA) is 52.6 Å². The van der Waals surface area contributed by atoms with Crippen LogP contribution in [0.2, 0.25) is 0 Å². The molecule has 0 aliphatic heterocycles. The molecule has 4 aromatic rings. The zero-order chi connectivity index (χ0) is 17.4. The summed E-state index contributed by atoms with van der Waals surface area (Å²) in [4.78, 5) is 11.8. The van der Waals surface area contributed by atoms with Crippen molar-refractivity contribution >= 4 is 21.9 Å². The van der Waals surface area contributed by atoms with Crippen molar-refractivity contribution in [1.29, 1.82) is 0 Å². The molecule has 0 bridgehead atoms. The molecule has 25 heavy (non-hydrogen) atoms. The molecule has 0 N–H and O–H groups in total. The Balaban J connectivity index is 1.95. The number of benzene rings is 2. The lowest BCUT2D eigenvalue weighted by molar-refractivity contribution is 0.415. The summed E-state index contributed by atoms with van der Waals surface area (Å²) in [6.07, 6.45) is 3.54. The summed E-state index contributed by atoms with van der Waals surface area (Å²) in [7, 11) is 1.65. The first-order valence-corrected chi connectivity index (χ1v) is 8.32. The molecule has 0 spiro atoms. The third-order valence-corrected chi connectivity index (χ3v) is 4.44. The van der Waals surface area contributed by atoms with Crippen LogP contribution in [0.5, 0.6) is 5.75 Å². The van der Waals surface area contributed by atoms with Crippen molar-refractivity contribution in [3.05, 3.63) is 64.7 Å². The van der Waals surface area contributed by atoms with Crippen LogP contribution in [0.15, 0.2) is 62.4 Å². The predicted molar refractivity (Wildman–Crippen MR) is 98.2 cm³/mol. The fourth-order valence-corrected chi connectivity index (χ4v) is 3.22. The summed E-state index contributed by atoms with van der Waals surface area (Å²) in [5.74, 6) is 0.814. The smallest absolute Gasteiger partial charge is 0.336 e. The van der Waals surface area contributed by atoms with Crippen molar-refractivity contribution in [3.63, 3.8) is 0 Å². The van der Waals surface area contributed by atoms with Gasteiger partial charge in [0.1, 0.15) is 16.9 Å². The van der Waals surface area contributed by atoms with Crippen LogP contribution in [-0.4, -0.2) is 7.11 Å². The minimum absolute atomic E-state index is 0.322. The van der Waals surface area contributed by atoms with Gasteiger partial charge in [0, 0.05) is 28.5 Å². The highest BCUT2D eigenvalue weighted by atomic mass is 16.5. The van der Waals surface area contributed by atoms with Crippen LogP contribution in [0.1, 0.15) is 18.9 Å². The molecule has 0 unspecified atom stereocenters. The van der Waals surface area contributed by atoms with Gasteiger partial charge in [-0.2, -0.15) is 0 Å². The lowest BCUT2D eigenvalue weighted by Gasteiger charge is -2.05. The van der Waals surface area contributed by atoms with Crippen molar-refractivity contribution < 1.29 is 13.6 Å². The Kier molecular flexibility index (Phi) is 3.80. The number of aryl methyl sites for hydroxylation is 1. The molecule has 2 aromatic carbocycles. The number of rotatable bonds is 4. The first kappa shape index (κ1) is 15.5. The van der Waals surface area contributed by atoms with Crippen molar-refractivity contribution in [2.75, 3.05) is 7.11 Å². The molecule has 0 saturated carbocycles. The van der Waals surface area contributed by atoms with Crippen molar-refractivity contribution in [2.24, 2.45) is 0 Å². The van der Waals surface area contributed by atoms with Gasteiger partial charge in [-0.1, -0.05) is 25.5 Å². The van der Waals surface area contributed by atoms with Crippen LogP contribution >= 0.6 is 0 Å². The van der Waals surface area contributed by atoms with E-state index in [2.05, 4.69) is 13.0 Å². The van der Waals surface area contributed by atoms with E-state index in [9.17, 15) is 4.79 Å². The summed E-state index contributed by atoms with van der Waals surface area (Å²) in [5, 5.41) is 1.97. The number of furan rings is 1. The molecular weight excluding hydrogens is 316 g/mol. The normalized spacial score (nSPS) is 11.3. The number of hydrogen-bond donors (Lipinski definition) is 0. The fraction of sp³-hybridized carbons (Fsp3) is 0.190. The number of ether oxygens (including phenoxy) is 1. The lowest BCUT2D eigenvalue weighted by atomic mass is 10.0. The van der Waals surface area contributed by atoms with Crippen LogP contribution in [0.25, 0.3) is 33.1 Å².